The molecule has 0 unspecified atom stereocenters. The summed E-state index contributed by atoms with van der Waals surface area (Å²) in [4.78, 5) is 0. The third kappa shape index (κ3) is 5.19. The first kappa shape index (κ1) is 32.7. The summed E-state index contributed by atoms with van der Waals surface area (Å²) < 4.78 is 242. The van der Waals surface area contributed by atoms with E-state index in [1.165, 1.54) is 0 Å². The van der Waals surface area contributed by atoms with Gasteiger partial charge in [-0.25, -0.2) is 0 Å². The largest absolute Gasteiger partial charge is 0.460 e. The van der Waals surface area contributed by atoms with E-state index in [0.29, 0.717) is 0 Å². The number of aliphatic hydroxyl groups is 2. The van der Waals surface area contributed by atoms with Crippen molar-refractivity contribution in [2.45, 2.75) is 54.0 Å². The van der Waals surface area contributed by atoms with E-state index in [0.717, 1.165) is 0 Å². The molecule has 0 fully saturated rings. The van der Waals surface area contributed by atoms with Crippen LogP contribution in [-0.2, 0) is 0 Å². The minimum Gasteiger partial charge on any atom is -0.387 e. The van der Waals surface area contributed by atoms with Gasteiger partial charge in [0.05, 0.1) is 0 Å². The molecule has 0 aliphatic carbocycles. The standard InChI is InChI=1S/C8HF17O.C2H3F3O/c9-1(10,3(13,14)5(17,18)7(21,22)23)2(11,12)4(15,16)6(19,20)8(24,25)26;3-2(4,5)1-6/h26H;6H,1H2. The van der Waals surface area contributed by atoms with E-state index >= 15 is 0 Å². The topological polar surface area (TPSA) is 40.5 Å². The van der Waals surface area contributed by atoms with Crippen LogP contribution in [0.1, 0.15) is 0 Å². The van der Waals surface area contributed by atoms with Gasteiger partial charge in [-0.15, -0.1) is 0 Å². The summed E-state index contributed by atoms with van der Waals surface area (Å²) in [7, 11) is 0. The highest BCUT2D eigenvalue weighted by Gasteiger charge is 2.95. The van der Waals surface area contributed by atoms with Crippen molar-refractivity contribution in [3.05, 3.63) is 0 Å². The molecule has 2 nitrogen and oxygen atoms in total. The van der Waals surface area contributed by atoms with Gasteiger partial charge >= 0.3 is 54.0 Å². The molecule has 0 saturated heterocycles. The highest BCUT2D eigenvalue weighted by Crippen LogP contribution is 2.63. The van der Waals surface area contributed by atoms with Crippen LogP contribution in [0.2, 0.25) is 0 Å². The summed E-state index contributed by atoms with van der Waals surface area (Å²) in [5.41, 5.74) is 0. The Morgan fingerprint density at radius 1 is 0.375 bits per heavy atom. The third-order valence-corrected chi connectivity index (χ3v) is 2.88. The van der Waals surface area contributed by atoms with Crippen LogP contribution < -0.4 is 0 Å². The molecule has 0 aromatic heterocycles. The van der Waals surface area contributed by atoms with Gasteiger partial charge < -0.3 is 10.2 Å². The second-order valence-electron chi connectivity index (χ2n) is 5.26. The van der Waals surface area contributed by atoms with E-state index in [4.69, 9.17) is 10.2 Å². The molecule has 0 aliphatic heterocycles. The minimum atomic E-state index is -8.67. The van der Waals surface area contributed by atoms with E-state index in [1.54, 1.807) is 0 Å². The number of aliphatic hydroxyl groups excluding tert-OH is 1. The van der Waals surface area contributed by atoms with Gasteiger partial charge in [-0.05, 0) is 0 Å². The van der Waals surface area contributed by atoms with E-state index in [9.17, 15) is 87.8 Å². The number of halogens is 20. The molecule has 32 heavy (non-hydrogen) atoms. The Morgan fingerprint density at radius 3 is 0.719 bits per heavy atom. The molecule has 0 aromatic carbocycles. The Bertz CT molecular complexity index is 574. The molecule has 2 N–H and O–H groups in total. The lowest BCUT2D eigenvalue weighted by atomic mass is 9.91. The minimum absolute atomic E-state index is 1.73. The Morgan fingerprint density at radius 2 is 0.562 bits per heavy atom. The molecule has 0 radical (unpaired) electrons. The van der Waals surface area contributed by atoms with E-state index in [1.807, 2.05) is 0 Å². The number of hydrogen-bond acceptors (Lipinski definition) is 2. The third-order valence-electron chi connectivity index (χ3n) is 2.88. The fourth-order valence-electron chi connectivity index (χ4n) is 1.16. The van der Waals surface area contributed by atoms with E-state index in [-0.39, 0.29) is 0 Å². The maximum absolute atomic E-state index is 12.8. The average Bonchev–Trinajstić information content (AvgIpc) is 2.51. The first-order chi connectivity index (χ1) is 13.3. The first-order valence-corrected chi connectivity index (χ1v) is 6.42. The van der Waals surface area contributed by atoms with Crippen LogP contribution in [-0.4, -0.2) is 70.8 Å². The molecule has 0 aromatic rings. The van der Waals surface area contributed by atoms with Crippen molar-refractivity contribution >= 4 is 0 Å². The zero-order valence-electron chi connectivity index (χ0n) is 13.7. The van der Waals surface area contributed by atoms with Crippen molar-refractivity contribution in [3.8, 4) is 0 Å². The molecule has 0 rings (SSSR count). The molecule has 0 aliphatic rings. The Labute approximate surface area is 160 Å². The summed E-state index contributed by atoms with van der Waals surface area (Å²) in [6, 6.07) is 0. The van der Waals surface area contributed by atoms with Gasteiger partial charge in [0, 0.05) is 0 Å². The van der Waals surface area contributed by atoms with Crippen LogP contribution >= 0.6 is 0 Å². The van der Waals surface area contributed by atoms with Crippen molar-refractivity contribution < 1.29 is 98.0 Å². The van der Waals surface area contributed by atoms with Gasteiger partial charge in [-0.1, -0.05) is 0 Å². The lowest BCUT2D eigenvalue weighted by Crippen LogP contribution is -2.74. The van der Waals surface area contributed by atoms with Crippen LogP contribution in [0.15, 0.2) is 0 Å². The van der Waals surface area contributed by atoms with E-state index in [2.05, 4.69) is 0 Å². The van der Waals surface area contributed by atoms with Crippen molar-refractivity contribution in [1.29, 1.82) is 0 Å². The lowest BCUT2D eigenvalue weighted by Gasteiger charge is -2.41. The highest BCUT2D eigenvalue weighted by molar-refractivity contribution is 5.14. The number of alkyl halides is 20. The Hall–Kier alpha value is -1.48. The second-order valence-corrected chi connectivity index (χ2v) is 5.26. The normalized spacial score (nSPS) is 15.9. The average molecular weight is 536 g/mol. The van der Waals surface area contributed by atoms with Crippen LogP contribution in [0.5, 0.6) is 0 Å². The second kappa shape index (κ2) is 8.38. The fraction of sp³-hybridized carbons (Fsp3) is 1.00. The van der Waals surface area contributed by atoms with E-state index < -0.39 is 60.6 Å². The summed E-state index contributed by atoms with van der Waals surface area (Å²) in [5.74, 6) is -50.5. The molecular weight excluding hydrogens is 532 g/mol. The summed E-state index contributed by atoms with van der Waals surface area (Å²) in [6.45, 7) is -1.73. The zero-order chi connectivity index (χ0) is 27.2. The lowest BCUT2D eigenvalue weighted by molar-refractivity contribution is -0.474. The van der Waals surface area contributed by atoms with Gasteiger partial charge in [-0.3, -0.25) is 0 Å². The molecular formula is C10H4F20O2. The molecule has 0 amide bonds. The molecule has 0 saturated carbocycles. The molecule has 0 spiro atoms. The van der Waals surface area contributed by atoms with Crippen molar-refractivity contribution in [1.82, 2.24) is 0 Å². The van der Waals surface area contributed by atoms with Crippen molar-refractivity contribution in [2.24, 2.45) is 0 Å². The zero-order valence-corrected chi connectivity index (χ0v) is 13.7. The van der Waals surface area contributed by atoms with Gasteiger partial charge in [0.2, 0.25) is 0 Å². The van der Waals surface area contributed by atoms with Crippen molar-refractivity contribution in [3.63, 3.8) is 0 Å². The molecule has 0 bridgehead atoms. The maximum atomic E-state index is 12.8. The number of hydrogen-bond donors (Lipinski definition) is 2. The fourth-order valence-corrected chi connectivity index (χ4v) is 1.16. The predicted molar refractivity (Wildman–Crippen MR) is 56.0 cm³/mol. The Balaban J connectivity index is 0. The molecule has 0 heterocycles. The smallest absolute Gasteiger partial charge is 0.387 e. The predicted octanol–water partition coefficient (Wildman–Crippen LogP) is 5.49. The van der Waals surface area contributed by atoms with Gasteiger partial charge in [-0.2, -0.15) is 87.8 Å². The van der Waals surface area contributed by atoms with Gasteiger partial charge in [0.15, 0.2) is 0 Å². The molecule has 0 atom stereocenters. The monoisotopic (exact) mass is 536 g/mol. The summed E-state index contributed by atoms with van der Waals surface area (Å²) in [6.07, 6.45) is -19.5. The van der Waals surface area contributed by atoms with Crippen LogP contribution in [0.4, 0.5) is 87.8 Å². The summed E-state index contributed by atoms with van der Waals surface area (Å²) >= 11 is 0. The number of rotatable bonds is 6. The SMILES string of the molecule is OC(F)(F)C(F)(F)C(F)(F)C(F)(F)C(F)(F)C(F)(F)C(F)(F)C(F)(F)F.OCC(F)(F)F. The van der Waals surface area contributed by atoms with Gasteiger partial charge in [0.1, 0.15) is 6.61 Å². The van der Waals surface area contributed by atoms with Crippen LogP contribution in [0, 0.1) is 0 Å². The molecule has 22 heteroatoms. The molecule has 196 valence electrons. The highest BCUT2D eigenvalue weighted by atomic mass is 19.4. The van der Waals surface area contributed by atoms with Gasteiger partial charge in [0.25, 0.3) is 0 Å². The van der Waals surface area contributed by atoms with Crippen LogP contribution in [0.3, 0.4) is 0 Å². The first-order valence-electron chi connectivity index (χ1n) is 6.42. The quantitative estimate of drug-likeness (QED) is 0.442. The van der Waals surface area contributed by atoms with Crippen molar-refractivity contribution in [2.75, 3.05) is 6.61 Å². The maximum Gasteiger partial charge on any atom is 0.460 e. The Kier molecular flexibility index (Phi) is 8.57. The van der Waals surface area contributed by atoms with Crippen LogP contribution in [0.25, 0.3) is 0 Å². The summed E-state index contributed by atoms with van der Waals surface area (Å²) in [5, 5.41) is 14.6.